The largest absolute Gasteiger partial charge is 0.454 e. The Bertz CT molecular complexity index is 1520. The van der Waals surface area contributed by atoms with Gasteiger partial charge in [0.25, 0.3) is 0 Å². The zero-order valence-electron chi connectivity index (χ0n) is 25.2. The van der Waals surface area contributed by atoms with E-state index in [1.807, 2.05) is 36.4 Å². The summed E-state index contributed by atoms with van der Waals surface area (Å²) in [6.45, 7) is 13.3. The molecule has 0 spiro atoms. The third-order valence-electron chi connectivity index (χ3n) is 8.67. The minimum atomic E-state index is -0.700. The minimum absolute atomic E-state index is 0.144. The molecule has 2 bridgehead atoms. The molecule has 7 rings (SSSR count). The molecule has 4 aromatic carbocycles. The standard InChI is InChI=1S/C38H38O4/c1-37(2,3)27-21-13-19-25-29(27)31-26-20-14-22-28(38(4,5)6)30(26)32(25)34(42-36(40)24-17-11-8-12-18-24)33(31)41-35(39)23-15-9-7-10-16-23/h7-22,31-34H,1-6H3/t31-,32+,33?,34?. The Morgan fingerprint density at radius 3 is 1.19 bits per heavy atom. The van der Waals surface area contributed by atoms with Crippen LogP contribution >= 0.6 is 0 Å². The van der Waals surface area contributed by atoms with Gasteiger partial charge in [-0.05, 0) is 68.5 Å². The van der Waals surface area contributed by atoms with E-state index in [1.54, 1.807) is 24.3 Å². The lowest BCUT2D eigenvalue weighted by Gasteiger charge is -2.51. The first kappa shape index (κ1) is 28.0. The van der Waals surface area contributed by atoms with Crippen LogP contribution in [0.4, 0.5) is 0 Å². The lowest BCUT2D eigenvalue weighted by Crippen LogP contribution is -2.52. The first-order valence-electron chi connectivity index (χ1n) is 14.8. The predicted octanol–water partition coefficient (Wildman–Crippen LogP) is 8.32. The summed E-state index contributed by atoms with van der Waals surface area (Å²) >= 11 is 0. The lowest BCUT2D eigenvalue weighted by atomic mass is 9.56. The van der Waals surface area contributed by atoms with E-state index in [0.29, 0.717) is 11.1 Å². The molecule has 3 aliphatic rings. The molecule has 0 N–H and O–H groups in total. The molecule has 4 heteroatoms. The average molecular weight is 559 g/mol. The smallest absolute Gasteiger partial charge is 0.338 e. The van der Waals surface area contributed by atoms with Crippen LogP contribution in [0.2, 0.25) is 0 Å². The minimum Gasteiger partial charge on any atom is -0.454 e. The summed E-state index contributed by atoms with van der Waals surface area (Å²) in [5.41, 5.74) is 7.76. The van der Waals surface area contributed by atoms with Crippen molar-refractivity contribution in [3.05, 3.63) is 142 Å². The van der Waals surface area contributed by atoms with Crippen LogP contribution in [-0.4, -0.2) is 24.1 Å². The number of benzene rings is 4. The van der Waals surface area contributed by atoms with Crippen molar-refractivity contribution in [2.45, 2.75) is 76.4 Å². The van der Waals surface area contributed by atoms with Gasteiger partial charge in [0.15, 0.2) is 12.2 Å². The highest BCUT2D eigenvalue weighted by Gasteiger charge is 2.56. The van der Waals surface area contributed by atoms with Crippen LogP contribution in [0.5, 0.6) is 0 Å². The van der Waals surface area contributed by atoms with Crippen molar-refractivity contribution in [2.24, 2.45) is 0 Å². The second-order valence-electron chi connectivity index (χ2n) is 13.5. The third kappa shape index (κ3) is 4.73. The molecular weight excluding hydrogens is 520 g/mol. The SMILES string of the molecule is CC(C)(C)c1cccc2c1[C@H]1c3cccc(C(C)(C)C)c3[C@H]2C(OC(=O)c2ccccc2)C1OC(=O)c1ccccc1. The van der Waals surface area contributed by atoms with Crippen molar-refractivity contribution in [1.29, 1.82) is 0 Å². The summed E-state index contributed by atoms with van der Waals surface area (Å²) in [6, 6.07) is 31.0. The van der Waals surface area contributed by atoms with Gasteiger partial charge in [0.2, 0.25) is 0 Å². The maximum atomic E-state index is 13.7. The summed E-state index contributed by atoms with van der Waals surface area (Å²) in [5, 5.41) is 0. The molecular formula is C38H38O4. The first-order valence-corrected chi connectivity index (χ1v) is 14.8. The molecule has 0 aliphatic heterocycles. The number of fused-ring (bicyclic) bond motifs is 1. The zero-order chi connectivity index (χ0) is 29.8. The fourth-order valence-electron chi connectivity index (χ4n) is 6.89. The van der Waals surface area contributed by atoms with Gasteiger partial charge in [0.05, 0.1) is 23.0 Å². The van der Waals surface area contributed by atoms with E-state index in [1.165, 1.54) is 22.3 Å². The fourth-order valence-corrected chi connectivity index (χ4v) is 6.89. The first-order chi connectivity index (χ1) is 20.0. The van der Waals surface area contributed by atoms with E-state index < -0.39 is 24.1 Å². The van der Waals surface area contributed by atoms with E-state index in [2.05, 4.69) is 77.9 Å². The van der Waals surface area contributed by atoms with Gasteiger partial charge in [-0.2, -0.15) is 0 Å². The molecule has 0 saturated heterocycles. The number of hydrogen-bond donors (Lipinski definition) is 0. The highest BCUT2D eigenvalue weighted by atomic mass is 16.6. The molecule has 0 aromatic heterocycles. The molecule has 2 unspecified atom stereocenters. The monoisotopic (exact) mass is 558 g/mol. The van der Waals surface area contributed by atoms with E-state index in [4.69, 9.17) is 9.47 Å². The average Bonchev–Trinajstić information content (AvgIpc) is 2.97. The Balaban J connectivity index is 1.59. The maximum Gasteiger partial charge on any atom is 0.338 e. The van der Waals surface area contributed by atoms with Crippen LogP contribution in [-0.2, 0) is 20.3 Å². The van der Waals surface area contributed by atoms with Crippen molar-refractivity contribution in [3.8, 4) is 0 Å². The van der Waals surface area contributed by atoms with Crippen molar-refractivity contribution in [1.82, 2.24) is 0 Å². The van der Waals surface area contributed by atoms with Crippen molar-refractivity contribution in [2.75, 3.05) is 0 Å². The lowest BCUT2D eigenvalue weighted by molar-refractivity contribution is -0.0562. The summed E-state index contributed by atoms with van der Waals surface area (Å²) in [7, 11) is 0. The van der Waals surface area contributed by atoms with Crippen molar-refractivity contribution >= 4 is 11.9 Å². The molecule has 0 heterocycles. The summed E-state index contributed by atoms with van der Waals surface area (Å²) in [6.07, 6.45) is -1.40. The Hall–Kier alpha value is -4.18. The van der Waals surface area contributed by atoms with E-state index in [9.17, 15) is 9.59 Å². The highest BCUT2D eigenvalue weighted by molar-refractivity contribution is 5.91. The second kappa shape index (κ2) is 10.3. The Kier molecular flexibility index (Phi) is 6.84. The van der Waals surface area contributed by atoms with Gasteiger partial charge in [-0.15, -0.1) is 0 Å². The fraction of sp³-hybridized carbons (Fsp3) is 0.316. The van der Waals surface area contributed by atoms with Gasteiger partial charge in [-0.3, -0.25) is 0 Å². The quantitative estimate of drug-likeness (QED) is 0.236. The molecule has 4 atom stereocenters. The molecule has 0 amide bonds. The van der Waals surface area contributed by atoms with Gasteiger partial charge < -0.3 is 9.47 Å². The van der Waals surface area contributed by atoms with Crippen LogP contribution in [0, 0.1) is 0 Å². The second-order valence-corrected chi connectivity index (χ2v) is 13.5. The number of hydrogen-bond acceptors (Lipinski definition) is 4. The van der Waals surface area contributed by atoms with E-state index in [-0.39, 0.29) is 22.7 Å². The zero-order valence-corrected chi connectivity index (χ0v) is 25.2. The molecule has 4 aromatic rings. The van der Waals surface area contributed by atoms with Gasteiger partial charge in [-0.25, -0.2) is 9.59 Å². The van der Waals surface area contributed by atoms with Crippen molar-refractivity contribution < 1.29 is 19.1 Å². The van der Waals surface area contributed by atoms with Crippen molar-refractivity contribution in [3.63, 3.8) is 0 Å². The van der Waals surface area contributed by atoms with Crippen LogP contribution in [0.1, 0.15) is 107 Å². The van der Waals surface area contributed by atoms with Gasteiger partial charge in [-0.1, -0.05) is 114 Å². The highest BCUT2D eigenvalue weighted by Crippen LogP contribution is 2.58. The van der Waals surface area contributed by atoms with Crippen LogP contribution < -0.4 is 0 Å². The topological polar surface area (TPSA) is 52.6 Å². The number of ether oxygens (including phenoxy) is 2. The summed E-state index contributed by atoms with van der Waals surface area (Å²) in [5.74, 6) is -1.42. The molecule has 0 saturated carbocycles. The number of carbonyl (C=O) groups is 2. The number of rotatable bonds is 4. The van der Waals surface area contributed by atoms with Crippen LogP contribution in [0.3, 0.4) is 0 Å². The van der Waals surface area contributed by atoms with Crippen LogP contribution in [0.25, 0.3) is 0 Å². The number of carbonyl (C=O) groups excluding carboxylic acids is 2. The molecule has 4 nitrogen and oxygen atoms in total. The molecule has 0 fully saturated rings. The summed E-state index contributed by atoms with van der Waals surface area (Å²) in [4.78, 5) is 27.3. The Morgan fingerprint density at radius 1 is 0.500 bits per heavy atom. The van der Waals surface area contributed by atoms with Gasteiger partial charge in [0.1, 0.15) is 0 Å². The molecule has 42 heavy (non-hydrogen) atoms. The molecule has 214 valence electrons. The maximum absolute atomic E-state index is 13.7. The number of esters is 2. The Morgan fingerprint density at radius 2 is 0.857 bits per heavy atom. The Labute approximate surface area is 248 Å². The van der Waals surface area contributed by atoms with Gasteiger partial charge in [0, 0.05) is 0 Å². The van der Waals surface area contributed by atoms with E-state index >= 15 is 0 Å². The van der Waals surface area contributed by atoms with Gasteiger partial charge >= 0.3 is 11.9 Å². The van der Waals surface area contributed by atoms with Crippen LogP contribution in [0.15, 0.2) is 97.1 Å². The molecule has 0 radical (unpaired) electrons. The summed E-state index contributed by atoms with van der Waals surface area (Å²) < 4.78 is 12.9. The normalized spacial score (nSPS) is 20.8. The predicted molar refractivity (Wildman–Crippen MR) is 165 cm³/mol. The third-order valence-corrected chi connectivity index (χ3v) is 8.67. The van der Waals surface area contributed by atoms with E-state index in [0.717, 1.165) is 11.1 Å². The molecule has 3 aliphatic carbocycles.